The minimum absolute atomic E-state index is 0.163. The summed E-state index contributed by atoms with van der Waals surface area (Å²) in [5, 5.41) is 2.68. The molecule has 6 nitrogen and oxygen atoms in total. The summed E-state index contributed by atoms with van der Waals surface area (Å²) in [6, 6.07) is 7.48. The molecule has 0 aliphatic rings. The first-order valence-corrected chi connectivity index (χ1v) is 7.29. The summed E-state index contributed by atoms with van der Waals surface area (Å²) < 4.78 is 5.59. The SMILES string of the molecule is CCCOc1cccc(-c2ncc(C(=O)NCC)c(N)n2)c1. The Kier molecular flexibility index (Phi) is 5.30. The van der Waals surface area contributed by atoms with E-state index in [9.17, 15) is 4.79 Å². The molecule has 2 aromatic rings. The maximum atomic E-state index is 11.8. The fraction of sp³-hybridized carbons (Fsp3) is 0.312. The molecule has 0 spiro atoms. The molecule has 22 heavy (non-hydrogen) atoms. The van der Waals surface area contributed by atoms with Crippen molar-refractivity contribution in [1.29, 1.82) is 0 Å². The largest absolute Gasteiger partial charge is 0.494 e. The number of carbonyl (C=O) groups is 1. The van der Waals surface area contributed by atoms with E-state index in [-0.39, 0.29) is 17.3 Å². The lowest BCUT2D eigenvalue weighted by Gasteiger charge is -2.08. The zero-order chi connectivity index (χ0) is 15.9. The number of hydrogen-bond acceptors (Lipinski definition) is 5. The van der Waals surface area contributed by atoms with Gasteiger partial charge in [0.15, 0.2) is 5.82 Å². The highest BCUT2D eigenvalue weighted by atomic mass is 16.5. The van der Waals surface area contributed by atoms with Gasteiger partial charge in [-0.2, -0.15) is 0 Å². The van der Waals surface area contributed by atoms with Gasteiger partial charge >= 0.3 is 0 Å². The molecule has 0 atom stereocenters. The minimum Gasteiger partial charge on any atom is -0.494 e. The van der Waals surface area contributed by atoms with Crippen molar-refractivity contribution >= 4 is 11.7 Å². The molecule has 0 fully saturated rings. The van der Waals surface area contributed by atoms with Crippen LogP contribution in [0.4, 0.5) is 5.82 Å². The van der Waals surface area contributed by atoms with Gasteiger partial charge in [-0.05, 0) is 25.5 Å². The third kappa shape index (κ3) is 3.72. The summed E-state index contributed by atoms with van der Waals surface area (Å²) >= 11 is 0. The average Bonchev–Trinajstić information content (AvgIpc) is 2.53. The number of aromatic nitrogens is 2. The van der Waals surface area contributed by atoms with Crippen LogP contribution < -0.4 is 15.8 Å². The van der Waals surface area contributed by atoms with E-state index in [1.165, 1.54) is 6.20 Å². The van der Waals surface area contributed by atoms with E-state index in [0.29, 0.717) is 19.0 Å². The normalized spacial score (nSPS) is 10.3. The zero-order valence-electron chi connectivity index (χ0n) is 12.8. The second-order valence-corrected chi connectivity index (χ2v) is 4.73. The molecule has 6 heteroatoms. The molecule has 0 aliphatic carbocycles. The Bertz CT molecular complexity index is 658. The van der Waals surface area contributed by atoms with E-state index in [4.69, 9.17) is 10.5 Å². The van der Waals surface area contributed by atoms with Gasteiger partial charge in [0, 0.05) is 18.3 Å². The van der Waals surface area contributed by atoms with Gasteiger partial charge in [-0.1, -0.05) is 19.1 Å². The van der Waals surface area contributed by atoms with Crippen molar-refractivity contribution in [2.75, 3.05) is 18.9 Å². The lowest BCUT2D eigenvalue weighted by molar-refractivity contribution is 0.0956. The Hall–Kier alpha value is -2.63. The number of nitrogens with two attached hydrogens (primary N) is 1. The number of nitrogen functional groups attached to an aromatic ring is 1. The van der Waals surface area contributed by atoms with E-state index in [2.05, 4.69) is 15.3 Å². The molecule has 1 amide bonds. The predicted octanol–water partition coefficient (Wildman–Crippen LogP) is 2.26. The Morgan fingerprint density at radius 2 is 2.18 bits per heavy atom. The van der Waals surface area contributed by atoms with Crippen LogP contribution in [-0.4, -0.2) is 29.0 Å². The van der Waals surface area contributed by atoms with Gasteiger partial charge in [0.05, 0.1) is 12.2 Å². The molecular formula is C16H20N4O2. The Balaban J connectivity index is 2.26. The Morgan fingerprint density at radius 1 is 1.36 bits per heavy atom. The number of nitrogens with one attached hydrogen (secondary N) is 1. The summed E-state index contributed by atoms with van der Waals surface area (Å²) in [7, 11) is 0. The smallest absolute Gasteiger partial charge is 0.256 e. The van der Waals surface area contributed by atoms with Crippen LogP contribution in [0, 0.1) is 0 Å². The van der Waals surface area contributed by atoms with Gasteiger partial charge in [-0.15, -0.1) is 0 Å². The first-order valence-electron chi connectivity index (χ1n) is 7.29. The molecule has 1 aromatic heterocycles. The van der Waals surface area contributed by atoms with Crippen molar-refractivity contribution in [3.05, 3.63) is 36.0 Å². The van der Waals surface area contributed by atoms with Gasteiger partial charge in [0.1, 0.15) is 11.6 Å². The van der Waals surface area contributed by atoms with Crippen LogP contribution in [0.1, 0.15) is 30.6 Å². The summed E-state index contributed by atoms with van der Waals surface area (Å²) in [5.74, 6) is 1.12. The van der Waals surface area contributed by atoms with Crippen LogP contribution in [0.2, 0.25) is 0 Å². The first kappa shape index (κ1) is 15.8. The molecule has 0 unspecified atom stereocenters. The lowest BCUT2D eigenvalue weighted by atomic mass is 10.2. The monoisotopic (exact) mass is 300 g/mol. The highest BCUT2D eigenvalue weighted by Crippen LogP contribution is 2.22. The summed E-state index contributed by atoms with van der Waals surface area (Å²) in [5.41, 5.74) is 6.94. The van der Waals surface area contributed by atoms with Crippen LogP contribution >= 0.6 is 0 Å². The van der Waals surface area contributed by atoms with Crippen molar-refractivity contribution < 1.29 is 9.53 Å². The molecular weight excluding hydrogens is 280 g/mol. The van der Waals surface area contributed by atoms with E-state index >= 15 is 0 Å². The van der Waals surface area contributed by atoms with Gasteiger partial charge in [0.2, 0.25) is 0 Å². The van der Waals surface area contributed by atoms with Gasteiger partial charge in [-0.25, -0.2) is 9.97 Å². The lowest BCUT2D eigenvalue weighted by Crippen LogP contribution is -2.24. The number of anilines is 1. The number of rotatable bonds is 6. The van der Waals surface area contributed by atoms with Crippen molar-refractivity contribution in [3.8, 4) is 17.1 Å². The number of hydrogen-bond donors (Lipinski definition) is 2. The number of amides is 1. The van der Waals surface area contributed by atoms with Crippen molar-refractivity contribution in [2.24, 2.45) is 0 Å². The van der Waals surface area contributed by atoms with E-state index in [0.717, 1.165) is 17.7 Å². The van der Waals surface area contributed by atoms with Crippen molar-refractivity contribution in [1.82, 2.24) is 15.3 Å². The van der Waals surface area contributed by atoms with Crippen LogP contribution in [0.3, 0.4) is 0 Å². The van der Waals surface area contributed by atoms with Gasteiger partial charge < -0.3 is 15.8 Å². The first-order chi connectivity index (χ1) is 10.7. The average molecular weight is 300 g/mol. The molecule has 116 valence electrons. The van der Waals surface area contributed by atoms with Gasteiger partial charge in [-0.3, -0.25) is 4.79 Å². The van der Waals surface area contributed by atoms with Crippen LogP contribution in [-0.2, 0) is 0 Å². The molecule has 1 heterocycles. The number of carbonyl (C=O) groups excluding carboxylic acids is 1. The molecule has 0 saturated heterocycles. The minimum atomic E-state index is -0.272. The van der Waals surface area contributed by atoms with E-state index in [1.54, 1.807) is 0 Å². The third-order valence-corrected chi connectivity index (χ3v) is 2.97. The quantitative estimate of drug-likeness (QED) is 0.854. The standard InChI is InChI=1S/C16H20N4O2/c1-3-8-22-12-7-5-6-11(9-12)15-19-10-13(14(17)20-15)16(21)18-4-2/h5-7,9-10H,3-4,8H2,1-2H3,(H,18,21)(H2,17,19,20). The third-order valence-electron chi connectivity index (χ3n) is 2.97. The predicted molar refractivity (Wildman–Crippen MR) is 85.7 cm³/mol. The topological polar surface area (TPSA) is 90.1 Å². The van der Waals surface area contributed by atoms with Crippen molar-refractivity contribution in [2.45, 2.75) is 20.3 Å². The van der Waals surface area contributed by atoms with Crippen LogP contribution in [0.5, 0.6) is 5.75 Å². The fourth-order valence-corrected chi connectivity index (χ4v) is 1.91. The maximum Gasteiger partial charge on any atom is 0.256 e. The zero-order valence-corrected chi connectivity index (χ0v) is 12.8. The molecule has 3 N–H and O–H groups in total. The summed E-state index contributed by atoms with van der Waals surface area (Å²) in [4.78, 5) is 20.2. The Morgan fingerprint density at radius 3 is 2.86 bits per heavy atom. The number of nitrogens with zero attached hydrogens (tertiary/aromatic N) is 2. The highest BCUT2D eigenvalue weighted by molar-refractivity contribution is 5.98. The fourth-order valence-electron chi connectivity index (χ4n) is 1.91. The molecule has 0 bridgehead atoms. The highest BCUT2D eigenvalue weighted by Gasteiger charge is 2.12. The molecule has 0 aliphatic heterocycles. The maximum absolute atomic E-state index is 11.8. The van der Waals surface area contributed by atoms with E-state index < -0.39 is 0 Å². The van der Waals surface area contributed by atoms with Crippen LogP contribution in [0.25, 0.3) is 11.4 Å². The van der Waals surface area contributed by atoms with Crippen molar-refractivity contribution in [3.63, 3.8) is 0 Å². The molecule has 1 aromatic carbocycles. The number of benzene rings is 1. The van der Waals surface area contributed by atoms with Gasteiger partial charge in [0.25, 0.3) is 5.91 Å². The molecule has 0 saturated carbocycles. The summed E-state index contributed by atoms with van der Waals surface area (Å²) in [6.45, 7) is 5.07. The summed E-state index contributed by atoms with van der Waals surface area (Å²) in [6.07, 6.45) is 2.39. The van der Waals surface area contributed by atoms with Crippen LogP contribution in [0.15, 0.2) is 30.5 Å². The number of ether oxygens (including phenoxy) is 1. The second-order valence-electron chi connectivity index (χ2n) is 4.73. The Labute approximate surface area is 129 Å². The molecule has 0 radical (unpaired) electrons. The molecule has 2 rings (SSSR count). The van der Waals surface area contributed by atoms with E-state index in [1.807, 2.05) is 38.1 Å². The second kappa shape index (κ2) is 7.40.